The van der Waals surface area contributed by atoms with Crippen LogP contribution in [0.4, 0.5) is 24.5 Å². The SMILES string of the molecule is COC(=O)c1ccc(F)cc1-c1cc(F)ccc1[N+](=O)[O-].O=[N+]([O-])c1ccc(F)cc1Br. The number of hydrogen-bond donors (Lipinski definition) is 0. The molecule has 3 aromatic rings. The fraction of sp³-hybridized carbons (Fsp3) is 0.0500. The lowest BCUT2D eigenvalue weighted by Gasteiger charge is -2.09. The third kappa shape index (κ3) is 5.88. The molecule has 12 heteroatoms. The molecular formula is C20H12BrF3N2O6. The van der Waals surface area contributed by atoms with Crippen LogP contribution in [0, 0.1) is 37.7 Å². The third-order valence-corrected chi connectivity index (χ3v) is 4.57. The number of carbonyl (C=O) groups is 1. The van der Waals surface area contributed by atoms with Gasteiger partial charge in [-0.05, 0) is 58.4 Å². The minimum atomic E-state index is -0.802. The lowest BCUT2D eigenvalue weighted by molar-refractivity contribution is -0.385. The maximum absolute atomic E-state index is 13.4. The van der Waals surface area contributed by atoms with Gasteiger partial charge in [-0.15, -0.1) is 0 Å². The van der Waals surface area contributed by atoms with Crippen LogP contribution in [-0.2, 0) is 4.74 Å². The molecule has 0 aliphatic carbocycles. The van der Waals surface area contributed by atoms with Gasteiger partial charge in [-0.1, -0.05) is 0 Å². The fourth-order valence-corrected chi connectivity index (χ4v) is 3.04. The highest BCUT2D eigenvalue weighted by molar-refractivity contribution is 9.10. The van der Waals surface area contributed by atoms with E-state index in [2.05, 4.69) is 20.7 Å². The standard InChI is InChI=1S/C14H9F2NO4.C6H3BrFNO2/c1-21-14(18)10-4-2-8(15)6-11(10)12-7-9(16)3-5-13(12)17(19)20;7-5-3-4(8)1-2-6(5)9(10)11/h2-7H,1H3;1-3H. The van der Waals surface area contributed by atoms with Crippen LogP contribution in [0.3, 0.4) is 0 Å². The van der Waals surface area contributed by atoms with Crippen LogP contribution in [0.5, 0.6) is 0 Å². The van der Waals surface area contributed by atoms with Gasteiger partial charge in [-0.25, -0.2) is 18.0 Å². The summed E-state index contributed by atoms with van der Waals surface area (Å²) in [4.78, 5) is 31.6. The normalized spacial score (nSPS) is 10.0. The number of rotatable bonds is 4. The molecule has 0 N–H and O–H groups in total. The van der Waals surface area contributed by atoms with Gasteiger partial charge in [-0.2, -0.15) is 0 Å². The number of nitro benzene ring substituents is 2. The monoisotopic (exact) mass is 512 g/mol. The van der Waals surface area contributed by atoms with E-state index in [0.717, 1.165) is 61.7 Å². The Balaban J connectivity index is 0.000000278. The van der Waals surface area contributed by atoms with Crippen LogP contribution >= 0.6 is 15.9 Å². The molecule has 3 rings (SSSR count). The number of halogens is 4. The van der Waals surface area contributed by atoms with Gasteiger partial charge in [-0.3, -0.25) is 20.2 Å². The molecule has 166 valence electrons. The van der Waals surface area contributed by atoms with Gasteiger partial charge in [0.25, 0.3) is 11.4 Å². The Kier molecular flexibility index (Phi) is 8.02. The van der Waals surface area contributed by atoms with Gasteiger partial charge in [0.2, 0.25) is 0 Å². The Morgan fingerprint density at radius 2 is 1.28 bits per heavy atom. The Labute approximate surface area is 186 Å². The quantitative estimate of drug-likeness (QED) is 0.247. The average molecular weight is 513 g/mol. The molecule has 32 heavy (non-hydrogen) atoms. The minimum absolute atomic E-state index is 0.0902. The maximum Gasteiger partial charge on any atom is 0.338 e. The minimum Gasteiger partial charge on any atom is -0.465 e. The summed E-state index contributed by atoms with van der Waals surface area (Å²) in [6, 6.07) is 9.02. The molecule has 0 unspecified atom stereocenters. The molecule has 0 fully saturated rings. The molecule has 0 saturated heterocycles. The number of esters is 1. The van der Waals surface area contributed by atoms with Crippen LogP contribution in [0.25, 0.3) is 11.1 Å². The van der Waals surface area contributed by atoms with Gasteiger partial charge in [0, 0.05) is 17.7 Å². The molecule has 0 heterocycles. The number of nitro groups is 2. The van der Waals surface area contributed by atoms with Crippen molar-refractivity contribution in [1.82, 2.24) is 0 Å². The number of hydrogen-bond acceptors (Lipinski definition) is 6. The van der Waals surface area contributed by atoms with Crippen molar-refractivity contribution in [1.29, 1.82) is 0 Å². The van der Waals surface area contributed by atoms with E-state index in [1.54, 1.807) is 0 Å². The van der Waals surface area contributed by atoms with E-state index in [4.69, 9.17) is 0 Å². The highest BCUT2D eigenvalue weighted by Crippen LogP contribution is 2.33. The van der Waals surface area contributed by atoms with Gasteiger partial charge < -0.3 is 4.74 Å². The molecule has 3 aromatic carbocycles. The van der Waals surface area contributed by atoms with Crippen molar-refractivity contribution in [2.45, 2.75) is 0 Å². The molecule has 0 aromatic heterocycles. The second-order valence-corrected chi connectivity index (χ2v) is 6.81. The second kappa shape index (κ2) is 10.5. The number of ether oxygens (including phenoxy) is 1. The lowest BCUT2D eigenvalue weighted by atomic mass is 9.98. The molecule has 0 bridgehead atoms. The first-order valence-corrected chi connectivity index (χ1v) is 9.26. The van der Waals surface area contributed by atoms with Crippen molar-refractivity contribution < 1.29 is 32.5 Å². The first-order chi connectivity index (χ1) is 15.0. The van der Waals surface area contributed by atoms with Gasteiger partial charge >= 0.3 is 5.97 Å². The number of benzene rings is 3. The van der Waals surface area contributed by atoms with Crippen molar-refractivity contribution in [3.63, 3.8) is 0 Å². The first-order valence-electron chi connectivity index (χ1n) is 8.46. The lowest BCUT2D eigenvalue weighted by Crippen LogP contribution is -2.05. The van der Waals surface area contributed by atoms with E-state index in [0.29, 0.717) is 0 Å². The molecule has 0 spiro atoms. The molecule has 0 atom stereocenters. The maximum atomic E-state index is 13.4. The smallest absolute Gasteiger partial charge is 0.338 e. The number of methoxy groups -OCH3 is 1. The van der Waals surface area contributed by atoms with Crippen molar-refractivity contribution in [3.8, 4) is 11.1 Å². The molecular weight excluding hydrogens is 501 g/mol. The highest BCUT2D eigenvalue weighted by Gasteiger charge is 2.22. The Morgan fingerprint density at radius 1 is 0.812 bits per heavy atom. The Hall–Kier alpha value is -3.80. The van der Waals surface area contributed by atoms with Gasteiger partial charge in [0.1, 0.15) is 17.5 Å². The topological polar surface area (TPSA) is 113 Å². The summed E-state index contributed by atoms with van der Waals surface area (Å²) in [5.74, 6) is -2.75. The summed E-state index contributed by atoms with van der Waals surface area (Å²) in [5, 5.41) is 21.2. The molecule has 0 radical (unpaired) electrons. The summed E-state index contributed by atoms with van der Waals surface area (Å²) in [6.45, 7) is 0. The van der Waals surface area contributed by atoms with E-state index in [9.17, 15) is 38.2 Å². The van der Waals surface area contributed by atoms with E-state index in [1.807, 2.05) is 0 Å². The van der Waals surface area contributed by atoms with E-state index in [1.165, 1.54) is 0 Å². The molecule has 0 aliphatic heterocycles. The highest BCUT2D eigenvalue weighted by atomic mass is 79.9. The zero-order valence-corrected chi connectivity index (χ0v) is 17.6. The molecule has 8 nitrogen and oxygen atoms in total. The summed E-state index contributed by atoms with van der Waals surface area (Å²) >= 11 is 2.87. The van der Waals surface area contributed by atoms with Crippen LogP contribution in [0.15, 0.2) is 59.1 Å². The van der Waals surface area contributed by atoms with E-state index < -0.39 is 39.0 Å². The number of carbonyl (C=O) groups excluding carboxylic acids is 1. The molecule has 0 aliphatic rings. The van der Waals surface area contributed by atoms with E-state index >= 15 is 0 Å². The van der Waals surface area contributed by atoms with Crippen molar-refractivity contribution >= 4 is 33.3 Å². The summed E-state index contributed by atoms with van der Waals surface area (Å²) in [6.07, 6.45) is 0. The van der Waals surface area contributed by atoms with Crippen molar-refractivity contribution in [2.24, 2.45) is 0 Å². The molecule has 0 saturated carbocycles. The summed E-state index contributed by atoms with van der Waals surface area (Å²) < 4.78 is 43.9. The second-order valence-electron chi connectivity index (χ2n) is 5.95. The van der Waals surface area contributed by atoms with E-state index in [-0.39, 0.29) is 26.9 Å². The zero-order valence-electron chi connectivity index (χ0n) is 16.1. The third-order valence-electron chi connectivity index (χ3n) is 3.94. The van der Waals surface area contributed by atoms with Crippen LogP contribution in [-0.4, -0.2) is 22.9 Å². The first kappa shape index (κ1) is 24.5. The predicted octanol–water partition coefficient (Wildman–Crippen LogP) is 5.82. The van der Waals surface area contributed by atoms with Gasteiger partial charge in [0.15, 0.2) is 0 Å². The van der Waals surface area contributed by atoms with Crippen molar-refractivity contribution in [3.05, 3.63) is 102 Å². The number of nitrogens with zero attached hydrogens (tertiary/aromatic N) is 2. The average Bonchev–Trinajstić information content (AvgIpc) is 2.73. The van der Waals surface area contributed by atoms with Gasteiger partial charge in [0.05, 0.1) is 32.6 Å². The molecule has 0 amide bonds. The zero-order chi connectivity index (χ0) is 24.0. The largest absolute Gasteiger partial charge is 0.465 e. The van der Waals surface area contributed by atoms with Crippen molar-refractivity contribution in [2.75, 3.05) is 7.11 Å². The summed E-state index contributed by atoms with van der Waals surface area (Å²) in [7, 11) is 1.12. The Bertz CT molecular complexity index is 1210. The van der Waals surface area contributed by atoms with Crippen LogP contribution < -0.4 is 0 Å². The van der Waals surface area contributed by atoms with Crippen LogP contribution in [0.2, 0.25) is 0 Å². The van der Waals surface area contributed by atoms with Crippen LogP contribution in [0.1, 0.15) is 10.4 Å². The fourth-order valence-electron chi connectivity index (χ4n) is 2.54. The summed E-state index contributed by atoms with van der Waals surface area (Å²) in [5.41, 5.74) is -0.959. The Morgan fingerprint density at radius 3 is 1.78 bits per heavy atom. The predicted molar refractivity (Wildman–Crippen MR) is 111 cm³/mol.